The molecule has 2 rings (SSSR count). The smallest absolute Gasteiger partial charge is 0.352 e. The van der Waals surface area contributed by atoms with Gasteiger partial charge in [-0.2, -0.15) is 13.2 Å². The Bertz CT molecular complexity index is 1170. The summed E-state index contributed by atoms with van der Waals surface area (Å²) < 4.78 is 65.5. The fourth-order valence-corrected chi connectivity index (χ4v) is 4.57. The Morgan fingerprint density at radius 2 is 1.67 bits per heavy atom. The van der Waals surface area contributed by atoms with E-state index < -0.39 is 51.9 Å². The number of sulfonamides is 1. The Balaban J connectivity index is 2.43. The predicted molar refractivity (Wildman–Crippen MR) is 133 cm³/mol. The lowest BCUT2D eigenvalue weighted by atomic mass is 10.1. The minimum Gasteiger partial charge on any atom is -0.352 e. The van der Waals surface area contributed by atoms with Crippen LogP contribution in [0.1, 0.15) is 31.9 Å². The second-order valence-corrected chi connectivity index (χ2v) is 10.9. The Morgan fingerprint density at radius 3 is 2.19 bits per heavy atom. The van der Waals surface area contributed by atoms with Gasteiger partial charge in [0.05, 0.1) is 22.5 Å². The summed E-state index contributed by atoms with van der Waals surface area (Å²) in [6.45, 7) is 4.24. The Kier molecular flexibility index (Phi) is 9.78. The summed E-state index contributed by atoms with van der Waals surface area (Å²) in [5.74, 6) is -1.22. The third-order valence-electron chi connectivity index (χ3n) is 5.30. The normalized spacial score (nSPS) is 12.8. The van der Waals surface area contributed by atoms with Crippen LogP contribution in [0.25, 0.3) is 0 Å². The van der Waals surface area contributed by atoms with E-state index in [9.17, 15) is 31.2 Å². The van der Waals surface area contributed by atoms with Crippen molar-refractivity contribution in [2.24, 2.45) is 0 Å². The second kappa shape index (κ2) is 12.0. The summed E-state index contributed by atoms with van der Waals surface area (Å²) in [7, 11) is -4.23. The Morgan fingerprint density at radius 1 is 1.06 bits per heavy atom. The van der Waals surface area contributed by atoms with Gasteiger partial charge in [0, 0.05) is 12.6 Å². The van der Waals surface area contributed by atoms with Gasteiger partial charge in [0.1, 0.15) is 12.6 Å². The third-order valence-corrected chi connectivity index (χ3v) is 6.75. The van der Waals surface area contributed by atoms with Gasteiger partial charge in [-0.05, 0) is 51.0 Å². The number of nitrogens with one attached hydrogen (secondary N) is 1. The number of anilines is 1. The van der Waals surface area contributed by atoms with Crippen molar-refractivity contribution in [1.82, 2.24) is 10.2 Å². The summed E-state index contributed by atoms with van der Waals surface area (Å²) in [5, 5.41) is 2.44. The van der Waals surface area contributed by atoms with E-state index in [2.05, 4.69) is 5.32 Å². The molecule has 0 unspecified atom stereocenters. The zero-order valence-corrected chi connectivity index (χ0v) is 21.9. The average Bonchev–Trinajstić information content (AvgIpc) is 2.76. The van der Waals surface area contributed by atoms with E-state index in [0.717, 1.165) is 24.0 Å². The van der Waals surface area contributed by atoms with Gasteiger partial charge in [-0.25, -0.2) is 8.42 Å². The number of hydrogen-bond donors (Lipinski definition) is 1. The molecule has 1 atom stereocenters. The molecular weight excluding hydrogens is 519 g/mol. The number of carbonyl (C=O) groups is 2. The molecule has 0 aliphatic heterocycles. The Labute approximate surface area is 214 Å². The highest BCUT2D eigenvalue weighted by molar-refractivity contribution is 7.92. The molecule has 36 heavy (non-hydrogen) atoms. The topological polar surface area (TPSA) is 86.8 Å². The van der Waals surface area contributed by atoms with Gasteiger partial charge >= 0.3 is 6.18 Å². The summed E-state index contributed by atoms with van der Waals surface area (Å²) in [4.78, 5) is 27.3. The van der Waals surface area contributed by atoms with Gasteiger partial charge < -0.3 is 10.2 Å². The molecule has 198 valence electrons. The van der Waals surface area contributed by atoms with Crippen molar-refractivity contribution in [3.05, 3.63) is 64.7 Å². The first-order chi connectivity index (χ1) is 16.6. The Hall–Kier alpha value is -2.79. The molecule has 0 heterocycles. The summed E-state index contributed by atoms with van der Waals surface area (Å²) in [6.07, 6.45) is -3.62. The first-order valence-electron chi connectivity index (χ1n) is 11.1. The molecule has 0 spiro atoms. The van der Waals surface area contributed by atoms with E-state index >= 15 is 0 Å². The molecule has 0 aliphatic rings. The van der Waals surface area contributed by atoms with E-state index in [4.69, 9.17) is 11.6 Å². The van der Waals surface area contributed by atoms with Crippen LogP contribution >= 0.6 is 11.6 Å². The molecule has 2 aromatic rings. The largest absolute Gasteiger partial charge is 0.416 e. The fraction of sp³-hybridized carbons (Fsp3) is 0.417. The number of alkyl halides is 3. The number of halogens is 4. The van der Waals surface area contributed by atoms with Gasteiger partial charge in [-0.3, -0.25) is 13.9 Å². The van der Waals surface area contributed by atoms with Crippen LogP contribution in [0, 0.1) is 0 Å². The zero-order valence-electron chi connectivity index (χ0n) is 20.3. The van der Waals surface area contributed by atoms with Crippen LogP contribution in [0.4, 0.5) is 18.9 Å². The summed E-state index contributed by atoms with van der Waals surface area (Å²) in [5.41, 5.74) is -0.717. The average molecular weight is 548 g/mol. The first kappa shape index (κ1) is 29.4. The molecule has 0 aliphatic carbocycles. The van der Waals surface area contributed by atoms with Crippen molar-refractivity contribution in [2.45, 2.75) is 45.5 Å². The fourth-order valence-electron chi connectivity index (χ4n) is 3.45. The molecule has 1 N–H and O–H groups in total. The lowest BCUT2D eigenvalue weighted by Crippen LogP contribution is -2.53. The summed E-state index contributed by atoms with van der Waals surface area (Å²) in [6, 6.07) is 10.2. The molecule has 2 amide bonds. The van der Waals surface area contributed by atoms with Crippen molar-refractivity contribution >= 4 is 39.1 Å². The van der Waals surface area contributed by atoms with Crippen LogP contribution in [0.5, 0.6) is 0 Å². The maximum Gasteiger partial charge on any atom is 0.416 e. The van der Waals surface area contributed by atoms with Crippen molar-refractivity contribution in [3.8, 4) is 0 Å². The second-order valence-electron chi connectivity index (χ2n) is 8.60. The van der Waals surface area contributed by atoms with E-state index in [-0.39, 0.29) is 17.6 Å². The van der Waals surface area contributed by atoms with Crippen molar-refractivity contribution in [3.63, 3.8) is 0 Å². The molecule has 0 aromatic heterocycles. The predicted octanol–water partition coefficient (Wildman–Crippen LogP) is 4.11. The number of hydrogen-bond acceptors (Lipinski definition) is 4. The maximum absolute atomic E-state index is 13.4. The lowest BCUT2D eigenvalue weighted by molar-refractivity contribution is -0.139. The quantitative estimate of drug-likeness (QED) is 0.485. The van der Waals surface area contributed by atoms with E-state index in [1.165, 1.54) is 11.8 Å². The van der Waals surface area contributed by atoms with Crippen LogP contribution in [0.15, 0.2) is 48.5 Å². The van der Waals surface area contributed by atoms with Crippen LogP contribution in [0.2, 0.25) is 5.02 Å². The van der Waals surface area contributed by atoms with Gasteiger partial charge in [-0.15, -0.1) is 0 Å². The molecule has 7 nitrogen and oxygen atoms in total. The van der Waals surface area contributed by atoms with Crippen molar-refractivity contribution in [2.75, 3.05) is 23.7 Å². The molecule has 2 aromatic carbocycles. The SMILES string of the molecule is CC(C)NC(=O)[C@@H](C)N(CCc1ccccc1)C(=O)CN(c1cc(C(F)(F)F)ccc1Cl)S(C)(=O)=O. The van der Waals surface area contributed by atoms with Crippen molar-refractivity contribution in [1.29, 1.82) is 0 Å². The molecule has 12 heteroatoms. The highest BCUT2D eigenvalue weighted by Crippen LogP contribution is 2.36. The molecule has 0 saturated heterocycles. The zero-order chi connectivity index (χ0) is 27.3. The van der Waals surface area contributed by atoms with E-state index in [1.54, 1.807) is 13.8 Å². The number of benzene rings is 2. The van der Waals surface area contributed by atoms with Gasteiger partial charge in [-0.1, -0.05) is 41.9 Å². The van der Waals surface area contributed by atoms with Crippen LogP contribution in [0.3, 0.4) is 0 Å². The third kappa shape index (κ3) is 8.12. The minimum absolute atomic E-state index is 0.0729. The molecular formula is C24H29ClF3N3O4S. The summed E-state index contributed by atoms with van der Waals surface area (Å²) >= 11 is 6.06. The highest BCUT2D eigenvalue weighted by atomic mass is 35.5. The van der Waals surface area contributed by atoms with Crippen LogP contribution in [-0.4, -0.2) is 56.6 Å². The molecule has 0 radical (unpaired) electrons. The van der Waals surface area contributed by atoms with Gasteiger partial charge in [0.25, 0.3) is 0 Å². The number of carbonyl (C=O) groups excluding carboxylic acids is 2. The van der Waals surface area contributed by atoms with Crippen LogP contribution < -0.4 is 9.62 Å². The number of rotatable bonds is 10. The van der Waals surface area contributed by atoms with E-state index in [1.807, 2.05) is 30.3 Å². The standard InChI is InChI=1S/C24H29ClF3N3O4S/c1-16(2)29-23(33)17(3)30(13-12-18-8-6-5-7-9-18)22(32)15-31(36(4,34)35)21-14-19(24(26,27)28)10-11-20(21)25/h5-11,14,16-17H,12-13,15H2,1-4H3,(H,29,33)/t17-/m1/s1. The maximum atomic E-state index is 13.4. The lowest BCUT2D eigenvalue weighted by Gasteiger charge is -2.32. The van der Waals surface area contributed by atoms with Gasteiger partial charge in [0.2, 0.25) is 21.8 Å². The van der Waals surface area contributed by atoms with Crippen LogP contribution in [-0.2, 0) is 32.2 Å². The highest BCUT2D eigenvalue weighted by Gasteiger charge is 2.34. The molecule has 0 bridgehead atoms. The van der Waals surface area contributed by atoms with Crippen molar-refractivity contribution < 1.29 is 31.2 Å². The number of amides is 2. The van der Waals surface area contributed by atoms with E-state index in [0.29, 0.717) is 16.8 Å². The van der Waals surface area contributed by atoms with Gasteiger partial charge in [0.15, 0.2) is 0 Å². The monoisotopic (exact) mass is 547 g/mol. The molecule has 0 fully saturated rings. The minimum atomic E-state index is -4.75. The number of nitrogens with zero attached hydrogens (tertiary/aromatic N) is 2. The molecule has 0 saturated carbocycles. The first-order valence-corrected chi connectivity index (χ1v) is 13.3.